The van der Waals surface area contributed by atoms with E-state index in [1.807, 2.05) is 193 Å². The maximum atomic E-state index is 15.8. The summed E-state index contributed by atoms with van der Waals surface area (Å²) in [5, 5.41) is 23.7. The molecule has 652 valence electrons. The highest BCUT2D eigenvalue weighted by Crippen LogP contribution is 2.43. The number of carbonyl (C=O) groups is 9. The number of benzene rings is 8. The molecule has 7 amide bonds. The molecule has 0 unspecified atom stereocenters. The highest BCUT2D eigenvalue weighted by atomic mass is 35.5. The molecular weight excluding hydrogens is 1600 g/mol. The molecule has 0 aliphatic rings. The van der Waals surface area contributed by atoms with Gasteiger partial charge < -0.3 is 60.9 Å². The highest BCUT2D eigenvalue weighted by Gasteiger charge is 2.46. The van der Waals surface area contributed by atoms with Crippen molar-refractivity contribution in [1.29, 1.82) is 0 Å². The zero-order chi connectivity index (χ0) is 89.2. The molecule has 8 rings (SSSR count). The number of nitrogens with one attached hydrogen (secondary N) is 8. The Hall–Kier alpha value is -10.3. The van der Waals surface area contributed by atoms with Gasteiger partial charge in [-0.3, -0.25) is 38.9 Å². The van der Waals surface area contributed by atoms with Gasteiger partial charge >= 0.3 is 12.1 Å². The van der Waals surface area contributed by atoms with Gasteiger partial charge in [0.05, 0.1) is 35.5 Å². The molecule has 8 aromatic rings. The number of thioether (sulfide) groups is 2. The van der Waals surface area contributed by atoms with Crippen molar-refractivity contribution < 1.29 is 66.8 Å². The molecule has 10 atom stereocenters. The van der Waals surface area contributed by atoms with Crippen LogP contribution in [0.1, 0.15) is 168 Å². The van der Waals surface area contributed by atoms with Crippen molar-refractivity contribution in [3.8, 4) is 5.75 Å². The topological polar surface area (TPSA) is 296 Å². The first-order chi connectivity index (χ1) is 57.7. The molecule has 0 radical (unpaired) electrons. The molecule has 0 spiro atoms. The maximum Gasteiger partial charge on any atom is 0.408 e. The van der Waals surface area contributed by atoms with Gasteiger partial charge in [-0.2, -0.15) is 11.8 Å². The Bertz CT molecular complexity index is 4570. The molecule has 8 aromatic carbocycles. The van der Waals surface area contributed by atoms with Gasteiger partial charge in [0.1, 0.15) is 59.2 Å². The van der Waals surface area contributed by atoms with Crippen LogP contribution in [0.15, 0.2) is 231 Å². The second kappa shape index (κ2) is 44.6. The quantitative estimate of drug-likeness (QED) is 0.0131. The Labute approximate surface area is 733 Å². The van der Waals surface area contributed by atoms with Crippen LogP contribution in [0.4, 0.5) is 4.79 Å². The Balaban J connectivity index is 1.15. The van der Waals surface area contributed by atoms with Crippen LogP contribution >= 0.6 is 35.1 Å². The smallest absolute Gasteiger partial charge is 0.408 e. The minimum atomic E-state index is -1.69. The number of hydrogen-bond donors (Lipinski definition) is 8. The molecule has 8 N–H and O–H groups in total. The lowest BCUT2D eigenvalue weighted by Gasteiger charge is -2.40. The zero-order valence-corrected chi connectivity index (χ0v) is 75.5. The predicted octanol–water partition coefficient (Wildman–Crippen LogP) is 14.7. The fourth-order valence-electron chi connectivity index (χ4n) is 13.9. The van der Waals surface area contributed by atoms with E-state index in [0.29, 0.717) is 57.2 Å². The molecule has 0 aliphatic carbocycles. The number of ether oxygens (including phenoxy) is 5. The van der Waals surface area contributed by atoms with Crippen molar-refractivity contribution in [1.82, 2.24) is 42.5 Å². The SMILES string of the molecule is CC[C@H](C)[C@H](NC(=O)[C@H](Cc1ccccc1)NC(=O)[C@H](C)NC(=O)[C@H](CSC(=O)[C@H](CCSC)NC(c1ccccc1)(c1ccccc1)c1ccccc1)NC(=O)[C@@H](NC(=O)[C@H](COC(C)(C)C)NC(=O)[C@H](Cc1ccc(OC(C)(C)C)cc1)NC(=O)OC(C)(C)C)[C@@H](C)OC(C)(C)C)C(=O)OC(c1ccccc1)(c1ccccc1)c1ccc(Cl)cc1. The van der Waals surface area contributed by atoms with E-state index >= 15 is 33.6 Å². The van der Waals surface area contributed by atoms with Crippen molar-refractivity contribution in [3.63, 3.8) is 0 Å². The molecule has 25 heteroatoms. The number of esters is 1. The summed E-state index contributed by atoms with van der Waals surface area (Å²) in [4.78, 5) is 137. The van der Waals surface area contributed by atoms with E-state index in [4.69, 9.17) is 35.3 Å². The molecule has 122 heavy (non-hydrogen) atoms. The Morgan fingerprint density at radius 1 is 0.410 bits per heavy atom. The first-order valence-corrected chi connectivity index (χ1v) is 44.1. The van der Waals surface area contributed by atoms with Crippen LogP contribution in [0.25, 0.3) is 0 Å². The van der Waals surface area contributed by atoms with Crippen LogP contribution in [-0.4, -0.2) is 154 Å². The van der Waals surface area contributed by atoms with E-state index in [2.05, 4.69) is 42.5 Å². The molecule has 0 saturated carbocycles. The Morgan fingerprint density at radius 2 is 0.836 bits per heavy atom. The summed E-state index contributed by atoms with van der Waals surface area (Å²) in [6.45, 7) is 27.4. The van der Waals surface area contributed by atoms with Gasteiger partial charge in [0.2, 0.25) is 40.6 Å². The minimum absolute atomic E-state index is 0.0802. The number of alkyl carbamates (subject to hydrolysis) is 1. The predicted molar refractivity (Wildman–Crippen MR) is 483 cm³/mol. The van der Waals surface area contributed by atoms with Crippen molar-refractivity contribution >= 4 is 87.7 Å². The second-order valence-corrected chi connectivity index (χ2v) is 36.8. The van der Waals surface area contributed by atoms with E-state index in [-0.39, 0.29) is 12.8 Å². The maximum absolute atomic E-state index is 15.8. The standard InChI is InChI=1S/C97H121ClN8O14S2/c1-18-63(2)81(89(113)119-97(71-45-33-23-34-46-71,72-47-35-24-36-48-72)73-51-53-74(98)54-52-73)104-85(109)77(59-66-37-25-19-26-38-66)100-83(107)64(3)99-87(111)80(62-122-90(114)76(57-58-121-17)106-96(68-39-27-20-28-40-68,69-41-29-21-30-42-69)70-43-31-22-32-44-70)102-88(112)82(65(4)117-93(8,9)10)105-86(110)79(61-116-92(5,6)7)101-84(108)78(103-91(115)120-95(14,15)16)60-67-49-55-75(56-50-67)118-94(11,12)13/h19-56,63-65,76-82,106H,18,57-62H2,1-17H3,(H,99,111)(H,100,107)(H,101,108)(H,102,112)(H,103,115)(H,104,109)(H,105,110)/t63-,64-,65+,76-,77-,78-,79-,80-,81-,82-/m0/s1. The summed E-state index contributed by atoms with van der Waals surface area (Å²) in [5.41, 5.74) is -0.497. The van der Waals surface area contributed by atoms with Crippen LogP contribution in [0.5, 0.6) is 5.75 Å². The summed E-state index contributed by atoms with van der Waals surface area (Å²) in [6, 6.07) is 59.3. The molecule has 0 aliphatic heterocycles. The fraction of sp³-hybridized carbons (Fsp3) is 0.412. The van der Waals surface area contributed by atoms with Gasteiger partial charge in [-0.15, -0.1) is 0 Å². The van der Waals surface area contributed by atoms with E-state index in [9.17, 15) is 9.59 Å². The number of rotatable bonds is 40. The third-order valence-corrected chi connectivity index (χ3v) is 21.9. The van der Waals surface area contributed by atoms with Crippen LogP contribution in [0.3, 0.4) is 0 Å². The first-order valence-electron chi connectivity index (χ1n) is 41.4. The number of hydrogen-bond acceptors (Lipinski definition) is 17. The number of carbonyl (C=O) groups excluding carboxylic acids is 9. The van der Waals surface area contributed by atoms with Crippen molar-refractivity contribution in [2.24, 2.45) is 5.92 Å². The van der Waals surface area contributed by atoms with Crippen molar-refractivity contribution in [2.75, 3.05) is 24.4 Å². The Kier molecular flexibility index (Phi) is 35.5. The molecular formula is C97H121ClN8O14S2. The largest absolute Gasteiger partial charge is 0.488 e. The van der Waals surface area contributed by atoms with Crippen LogP contribution < -0.4 is 47.3 Å². The van der Waals surface area contributed by atoms with Crippen molar-refractivity contribution in [3.05, 3.63) is 280 Å². The lowest BCUT2D eigenvalue weighted by Crippen LogP contribution is -2.63. The van der Waals surface area contributed by atoms with E-state index in [0.717, 1.165) is 28.5 Å². The van der Waals surface area contributed by atoms with E-state index < -0.39 is 159 Å². The molecule has 0 bridgehead atoms. The molecule has 0 heterocycles. The summed E-state index contributed by atoms with van der Waals surface area (Å²) in [5.74, 6) is -5.98. The third kappa shape index (κ3) is 28.9. The van der Waals surface area contributed by atoms with Gasteiger partial charge in [0, 0.05) is 40.3 Å². The number of halogens is 1. The summed E-state index contributed by atoms with van der Waals surface area (Å²) in [7, 11) is 0. The molecule has 0 aromatic heterocycles. The van der Waals surface area contributed by atoms with Crippen LogP contribution in [0, 0.1) is 5.92 Å². The fourth-order valence-corrected chi connectivity index (χ4v) is 15.4. The number of amides is 7. The summed E-state index contributed by atoms with van der Waals surface area (Å²) >= 11 is 8.80. The second-order valence-electron chi connectivity index (χ2n) is 34.4. The lowest BCUT2D eigenvalue weighted by molar-refractivity contribution is -0.159. The Morgan fingerprint density at radius 3 is 1.30 bits per heavy atom. The van der Waals surface area contributed by atoms with E-state index in [1.54, 1.807) is 148 Å². The van der Waals surface area contributed by atoms with Crippen molar-refractivity contribution in [2.45, 2.75) is 224 Å². The van der Waals surface area contributed by atoms with Gasteiger partial charge in [-0.1, -0.05) is 250 Å². The van der Waals surface area contributed by atoms with Gasteiger partial charge in [-0.25, -0.2) is 9.59 Å². The van der Waals surface area contributed by atoms with Gasteiger partial charge in [0.25, 0.3) is 0 Å². The normalized spacial score (nSPS) is 14.5. The molecule has 0 fully saturated rings. The highest BCUT2D eigenvalue weighted by molar-refractivity contribution is 8.13. The van der Waals surface area contributed by atoms with Crippen LogP contribution in [-0.2, 0) is 81.3 Å². The first kappa shape index (κ1) is 97.1. The van der Waals surface area contributed by atoms with Gasteiger partial charge in [-0.05, 0) is 173 Å². The van der Waals surface area contributed by atoms with E-state index in [1.165, 1.54) is 18.7 Å². The molecule has 22 nitrogen and oxygen atoms in total. The van der Waals surface area contributed by atoms with Gasteiger partial charge in [0.15, 0.2) is 5.60 Å². The minimum Gasteiger partial charge on any atom is -0.488 e. The third-order valence-electron chi connectivity index (χ3n) is 19.9. The lowest BCUT2D eigenvalue weighted by atomic mass is 9.76. The molecule has 0 saturated heterocycles. The van der Waals surface area contributed by atoms with Crippen LogP contribution in [0.2, 0.25) is 5.02 Å². The summed E-state index contributed by atoms with van der Waals surface area (Å²) in [6.07, 6.45) is 0.351. The summed E-state index contributed by atoms with van der Waals surface area (Å²) < 4.78 is 31.3. The average molecular weight is 1720 g/mol. The zero-order valence-electron chi connectivity index (χ0n) is 73.1. The average Bonchev–Trinajstić information content (AvgIpc) is 0.755. The monoisotopic (exact) mass is 1720 g/mol.